The zero-order valence-electron chi connectivity index (χ0n) is 16.4. The summed E-state index contributed by atoms with van der Waals surface area (Å²) in [5.41, 5.74) is 1.47. The first kappa shape index (κ1) is 19.3. The predicted octanol–water partition coefficient (Wildman–Crippen LogP) is 2.91. The molecule has 0 unspecified atom stereocenters. The number of fused-ring (bicyclic) bond motifs is 1. The summed E-state index contributed by atoms with van der Waals surface area (Å²) in [6.45, 7) is 1.72. The van der Waals surface area contributed by atoms with Gasteiger partial charge in [-0.3, -0.25) is 4.79 Å². The van der Waals surface area contributed by atoms with Crippen molar-refractivity contribution in [1.82, 2.24) is 29.7 Å². The summed E-state index contributed by atoms with van der Waals surface area (Å²) in [5.74, 6) is -1.43. The molecule has 8 nitrogen and oxygen atoms in total. The second-order valence-corrected chi connectivity index (χ2v) is 7.39. The Morgan fingerprint density at radius 1 is 1.19 bits per heavy atom. The van der Waals surface area contributed by atoms with Crippen molar-refractivity contribution in [3.05, 3.63) is 71.8 Å². The SMILES string of the molecule is O=C(Nc1cc(C2CCNCC2)nn1-c1ccc(F)cc1F)c1cnn2cccnc12. The topological polar surface area (TPSA) is 89.1 Å². The van der Waals surface area contributed by atoms with Gasteiger partial charge in [0.05, 0.1) is 11.9 Å². The molecule has 10 heteroatoms. The fourth-order valence-corrected chi connectivity index (χ4v) is 3.81. The number of carbonyl (C=O) groups is 1. The number of hydrogen-bond donors (Lipinski definition) is 2. The van der Waals surface area contributed by atoms with Gasteiger partial charge in [-0.05, 0) is 44.1 Å². The van der Waals surface area contributed by atoms with Crippen LogP contribution in [0.5, 0.6) is 0 Å². The fraction of sp³-hybridized carbons (Fsp3) is 0.238. The summed E-state index contributed by atoms with van der Waals surface area (Å²) in [6.07, 6.45) is 6.45. The lowest BCUT2D eigenvalue weighted by Crippen LogP contribution is -2.26. The van der Waals surface area contributed by atoms with E-state index >= 15 is 0 Å². The van der Waals surface area contributed by atoms with Gasteiger partial charge in [-0.15, -0.1) is 0 Å². The number of aromatic nitrogens is 5. The van der Waals surface area contributed by atoms with E-state index < -0.39 is 17.5 Å². The summed E-state index contributed by atoms with van der Waals surface area (Å²) in [7, 11) is 0. The van der Waals surface area contributed by atoms with E-state index in [2.05, 4.69) is 25.8 Å². The molecule has 1 amide bonds. The van der Waals surface area contributed by atoms with Crippen molar-refractivity contribution < 1.29 is 13.6 Å². The summed E-state index contributed by atoms with van der Waals surface area (Å²) < 4.78 is 30.8. The number of carbonyl (C=O) groups excluding carboxylic acids is 1. The average molecular weight is 423 g/mol. The number of piperidine rings is 1. The Hall–Kier alpha value is -3.66. The van der Waals surface area contributed by atoms with Gasteiger partial charge in [-0.25, -0.2) is 23.0 Å². The number of nitrogens with zero attached hydrogens (tertiary/aromatic N) is 5. The van der Waals surface area contributed by atoms with Crippen LogP contribution in [0.1, 0.15) is 34.8 Å². The van der Waals surface area contributed by atoms with Crippen molar-refractivity contribution in [3.63, 3.8) is 0 Å². The molecule has 1 aromatic carbocycles. The fourth-order valence-electron chi connectivity index (χ4n) is 3.81. The Morgan fingerprint density at radius 3 is 2.84 bits per heavy atom. The molecule has 0 spiro atoms. The summed E-state index contributed by atoms with van der Waals surface area (Å²) in [4.78, 5) is 17.2. The number of nitrogens with one attached hydrogen (secondary N) is 2. The molecular formula is C21H19F2N7O. The Morgan fingerprint density at radius 2 is 2.03 bits per heavy atom. The molecule has 2 N–H and O–H groups in total. The van der Waals surface area contributed by atoms with Crippen LogP contribution in [-0.4, -0.2) is 43.4 Å². The van der Waals surface area contributed by atoms with Crippen LogP contribution in [-0.2, 0) is 0 Å². The number of halogens is 2. The highest BCUT2D eigenvalue weighted by molar-refractivity contribution is 6.07. The summed E-state index contributed by atoms with van der Waals surface area (Å²) in [5, 5.41) is 14.8. The van der Waals surface area contributed by atoms with E-state index in [1.165, 1.54) is 21.5 Å². The maximum Gasteiger partial charge on any atom is 0.262 e. The predicted molar refractivity (Wildman–Crippen MR) is 109 cm³/mol. The molecule has 4 heterocycles. The van der Waals surface area contributed by atoms with E-state index in [0.717, 1.165) is 43.8 Å². The largest absolute Gasteiger partial charge is 0.317 e. The zero-order valence-corrected chi connectivity index (χ0v) is 16.4. The molecule has 3 aromatic heterocycles. The quantitative estimate of drug-likeness (QED) is 0.527. The van der Waals surface area contributed by atoms with E-state index in [-0.39, 0.29) is 17.2 Å². The molecule has 31 heavy (non-hydrogen) atoms. The van der Waals surface area contributed by atoms with Crippen LogP contribution >= 0.6 is 0 Å². The number of hydrogen-bond acceptors (Lipinski definition) is 5. The van der Waals surface area contributed by atoms with Gasteiger partial charge in [0, 0.05) is 30.4 Å². The Labute approximate surface area is 175 Å². The lowest BCUT2D eigenvalue weighted by molar-refractivity contribution is 0.102. The van der Waals surface area contributed by atoms with E-state index in [1.807, 2.05) is 0 Å². The van der Waals surface area contributed by atoms with E-state index in [4.69, 9.17) is 0 Å². The van der Waals surface area contributed by atoms with Crippen LogP contribution < -0.4 is 10.6 Å². The molecule has 158 valence electrons. The van der Waals surface area contributed by atoms with Gasteiger partial charge in [0.2, 0.25) is 0 Å². The number of rotatable bonds is 4. The van der Waals surface area contributed by atoms with Gasteiger partial charge in [0.1, 0.15) is 22.9 Å². The Kier molecular flexibility index (Phi) is 4.91. The average Bonchev–Trinajstić information content (AvgIpc) is 3.39. The van der Waals surface area contributed by atoms with Crippen LogP contribution in [0.4, 0.5) is 14.6 Å². The maximum atomic E-state index is 14.5. The van der Waals surface area contributed by atoms with Crippen LogP contribution in [0.3, 0.4) is 0 Å². The highest BCUT2D eigenvalue weighted by Crippen LogP contribution is 2.29. The Bertz CT molecular complexity index is 1260. The standard InChI is InChI=1S/C21H19F2N7O/c22-14-2-3-18(16(23)10-14)30-19(11-17(28-30)13-4-7-24-8-5-13)27-21(31)15-12-26-29-9-1-6-25-20(15)29/h1-3,6,9-13,24H,4-5,7-8H2,(H,27,31). The monoisotopic (exact) mass is 423 g/mol. The number of benzene rings is 1. The summed E-state index contributed by atoms with van der Waals surface area (Å²) in [6, 6.07) is 6.71. The normalized spacial score (nSPS) is 14.8. The molecule has 1 fully saturated rings. The van der Waals surface area contributed by atoms with Crippen molar-refractivity contribution in [2.75, 3.05) is 18.4 Å². The second-order valence-electron chi connectivity index (χ2n) is 7.39. The van der Waals surface area contributed by atoms with Crippen molar-refractivity contribution >= 4 is 17.4 Å². The van der Waals surface area contributed by atoms with Crippen LogP contribution in [0.2, 0.25) is 0 Å². The maximum absolute atomic E-state index is 14.5. The first-order valence-corrected chi connectivity index (χ1v) is 9.96. The van der Waals surface area contributed by atoms with Gasteiger partial charge in [-0.1, -0.05) is 0 Å². The third-order valence-electron chi connectivity index (χ3n) is 5.39. The van der Waals surface area contributed by atoms with Gasteiger partial charge in [-0.2, -0.15) is 10.2 Å². The number of anilines is 1. The first-order chi connectivity index (χ1) is 15.1. The molecule has 0 bridgehead atoms. The lowest BCUT2D eigenvalue weighted by atomic mass is 9.95. The molecule has 0 saturated carbocycles. The highest BCUT2D eigenvalue weighted by atomic mass is 19.1. The van der Waals surface area contributed by atoms with Gasteiger partial charge < -0.3 is 10.6 Å². The third-order valence-corrected chi connectivity index (χ3v) is 5.39. The van der Waals surface area contributed by atoms with Crippen molar-refractivity contribution in [1.29, 1.82) is 0 Å². The molecule has 0 atom stereocenters. The molecule has 1 aliphatic heterocycles. The molecule has 1 saturated heterocycles. The Balaban J connectivity index is 1.54. The van der Waals surface area contributed by atoms with Gasteiger partial charge in [0.25, 0.3) is 5.91 Å². The van der Waals surface area contributed by atoms with Crippen molar-refractivity contribution in [2.24, 2.45) is 0 Å². The number of amides is 1. The van der Waals surface area contributed by atoms with E-state index in [1.54, 1.807) is 24.5 Å². The molecular weight excluding hydrogens is 404 g/mol. The van der Waals surface area contributed by atoms with Crippen LogP contribution in [0.25, 0.3) is 11.3 Å². The van der Waals surface area contributed by atoms with Crippen LogP contribution in [0.15, 0.2) is 48.9 Å². The van der Waals surface area contributed by atoms with Gasteiger partial charge in [0.15, 0.2) is 11.5 Å². The third kappa shape index (κ3) is 3.66. The zero-order chi connectivity index (χ0) is 21.4. The first-order valence-electron chi connectivity index (χ1n) is 9.96. The second kappa shape index (κ2) is 7.88. The van der Waals surface area contributed by atoms with E-state index in [9.17, 15) is 13.6 Å². The smallest absolute Gasteiger partial charge is 0.262 e. The molecule has 5 rings (SSSR count). The van der Waals surface area contributed by atoms with Crippen molar-refractivity contribution in [2.45, 2.75) is 18.8 Å². The van der Waals surface area contributed by atoms with E-state index in [0.29, 0.717) is 11.5 Å². The summed E-state index contributed by atoms with van der Waals surface area (Å²) >= 11 is 0. The van der Waals surface area contributed by atoms with Crippen molar-refractivity contribution in [3.8, 4) is 5.69 Å². The lowest BCUT2D eigenvalue weighted by Gasteiger charge is -2.20. The minimum absolute atomic E-state index is 0.0508. The molecule has 0 aliphatic carbocycles. The molecule has 4 aromatic rings. The minimum atomic E-state index is -0.770. The molecule has 1 aliphatic rings. The highest BCUT2D eigenvalue weighted by Gasteiger charge is 2.23. The van der Waals surface area contributed by atoms with Crippen LogP contribution in [0, 0.1) is 11.6 Å². The molecule has 0 radical (unpaired) electrons. The van der Waals surface area contributed by atoms with Gasteiger partial charge >= 0.3 is 0 Å². The minimum Gasteiger partial charge on any atom is -0.317 e.